The minimum absolute atomic E-state index is 0.0303. The zero-order valence-electron chi connectivity index (χ0n) is 16.2. The van der Waals surface area contributed by atoms with Gasteiger partial charge in [-0.2, -0.15) is 0 Å². The van der Waals surface area contributed by atoms with Gasteiger partial charge in [0, 0.05) is 0 Å². The van der Waals surface area contributed by atoms with E-state index in [1.165, 1.54) is 25.7 Å². The van der Waals surface area contributed by atoms with E-state index in [9.17, 15) is 4.79 Å². The summed E-state index contributed by atoms with van der Waals surface area (Å²) in [5.41, 5.74) is -0.278. The third-order valence-corrected chi connectivity index (χ3v) is 6.28. The number of rotatable bonds is 5. The van der Waals surface area contributed by atoms with E-state index >= 15 is 0 Å². The molecular formula is C20H38O2. The van der Waals surface area contributed by atoms with Gasteiger partial charge in [-0.1, -0.05) is 34.6 Å². The highest BCUT2D eigenvalue weighted by Gasteiger charge is 2.42. The third-order valence-electron chi connectivity index (χ3n) is 6.28. The van der Waals surface area contributed by atoms with Crippen molar-refractivity contribution < 1.29 is 9.53 Å². The van der Waals surface area contributed by atoms with E-state index in [2.05, 4.69) is 41.5 Å². The molecule has 1 aliphatic rings. The van der Waals surface area contributed by atoms with Gasteiger partial charge < -0.3 is 4.74 Å². The lowest BCUT2D eigenvalue weighted by Crippen LogP contribution is -2.44. The number of hydrogen-bond donors (Lipinski definition) is 0. The molecule has 0 amide bonds. The highest BCUT2D eigenvalue weighted by molar-refractivity contribution is 5.76. The molecule has 0 aliphatic heterocycles. The molecule has 0 N–H and O–H groups in total. The summed E-state index contributed by atoms with van der Waals surface area (Å²) in [4.78, 5) is 12.5. The van der Waals surface area contributed by atoms with Crippen LogP contribution in [0.4, 0.5) is 0 Å². The van der Waals surface area contributed by atoms with Crippen molar-refractivity contribution in [3.8, 4) is 0 Å². The first kappa shape index (κ1) is 19.5. The van der Waals surface area contributed by atoms with Crippen LogP contribution in [0.2, 0.25) is 0 Å². The Bertz CT molecular complexity index is 370. The fourth-order valence-electron chi connectivity index (χ4n) is 3.51. The predicted octanol–water partition coefficient (Wildman–Crippen LogP) is 5.99. The van der Waals surface area contributed by atoms with Gasteiger partial charge >= 0.3 is 5.97 Å². The maximum Gasteiger partial charge on any atom is 0.312 e. The van der Waals surface area contributed by atoms with E-state index in [0.717, 1.165) is 18.8 Å². The molecule has 1 rings (SSSR count). The van der Waals surface area contributed by atoms with E-state index < -0.39 is 0 Å². The molecule has 1 atom stereocenters. The molecule has 1 unspecified atom stereocenters. The molecule has 0 spiro atoms. The van der Waals surface area contributed by atoms with Gasteiger partial charge in [-0.3, -0.25) is 4.79 Å². The summed E-state index contributed by atoms with van der Waals surface area (Å²) in [6, 6.07) is 0. The van der Waals surface area contributed by atoms with Crippen LogP contribution in [0.3, 0.4) is 0 Å². The van der Waals surface area contributed by atoms with Crippen molar-refractivity contribution in [1.82, 2.24) is 0 Å². The standard InChI is InChI=1S/C20H38O2/c1-9-19(6,7)17(21)22-20(8,10-2)16-13-11-15(12-14-16)18(3,4)5/h15-16H,9-14H2,1-8H3. The number of carbonyl (C=O) groups is 1. The van der Waals surface area contributed by atoms with Gasteiger partial charge in [-0.25, -0.2) is 0 Å². The molecular weight excluding hydrogens is 272 g/mol. The van der Waals surface area contributed by atoms with E-state index in [1.54, 1.807) is 0 Å². The van der Waals surface area contributed by atoms with Gasteiger partial charge in [-0.15, -0.1) is 0 Å². The average molecular weight is 311 g/mol. The van der Waals surface area contributed by atoms with Crippen molar-refractivity contribution in [2.24, 2.45) is 22.7 Å². The summed E-state index contributed by atoms with van der Waals surface area (Å²) < 4.78 is 6.06. The summed E-state index contributed by atoms with van der Waals surface area (Å²) in [7, 11) is 0. The maximum atomic E-state index is 12.5. The monoisotopic (exact) mass is 310 g/mol. The van der Waals surface area contributed by atoms with Crippen LogP contribution < -0.4 is 0 Å². The first-order chi connectivity index (χ1) is 9.96. The zero-order chi connectivity index (χ0) is 17.2. The molecule has 1 aliphatic carbocycles. The van der Waals surface area contributed by atoms with Crippen LogP contribution in [0, 0.1) is 22.7 Å². The lowest BCUT2D eigenvalue weighted by atomic mass is 9.66. The van der Waals surface area contributed by atoms with Crippen molar-refractivity contribution >= 4 is 5.97 Å². The van der Waals surface area contributed by atoms with Crippen LogP contribution >= 0.6 is 0 Å². The smallest absolute Gasteiger partial charge is 0.312 e. The molecule has 0 saturated heterocycles. The van der Waals surface area contributed by atoms with Crippen molar-refractivity contribution in [2.45, 2.75) is 99.5 Å². The van der Waals surface area contributed by atoms with Crippen LogP contribution in [-0.4, -0.2) is 11.6 Å². The van der Waals surface area contributed by atoms with Crippen LogP contribution in [0.5, 0.6) is 0 Å². The highest BCUT2D eigenvalue weighted by atomic mass is 16.6. The number of carbonyl (C=O) groups excluding carboxylic acids is 1. The summed E-state index contributed by atoms with van der Waals surface area (Å²) in [6.07, 6.45) is 6.63. The molecule has 0 aromatic rings. The topological polar surface area (TPSA) is 26.3 Å². The summed E-state index contributed by atoms with van der Waals surface area (Å²) >= 11 is 0. The molecule has 0 bridgehead atoms. The van der Waals surface area contributed by atoms with Gasteiger partial charge in [0.25, 0.3) is 0 Å². The van der Waals surface area contributed by atoms with Gasteiger partial charge in [0.1, 0.15) is 5.60 Å². The second-order valence-electron chi connectivity index (χ2n) is 9.21. The summed E-state index contributed by atoms with van der Waals surface area (Å²) in [5.74, 6) is 1.28. The van der Waals surface area contributed by atoms with Gasteiger partial charge in [0.2, 0.25) is 0 Å². The molecule has 22 heavy (non-hydrogen) atoms. The Morgan fingerprint density at radius 2 is 1.32 bits per heavy atom. The lowest BCUT2D eigenvalue weighted by molar-refractivity contribution is -0.177. The Morgan fingerprint density at radius 1 is 0.864 bits per heavy atom. The Kier molecular flexibility index (Phi) is 6.14. The quantitative estimate of drug-likeness (QED) is 0.583. The Labute approximate surface area is 138 Å². The van der Waals surface area contributed by atoms with Gasteiger partial charge in [-0.05, 0) is 76.5 Å². The van der Waals surface area contributed by atoms with Gasteiger partial charge in [0.05, 0.1) is 5.41 Å². The van der Waals surface area contributed by atoms with E-state index in [4.69, 9.17) is 4.74 Å². The van der Waals surface area contributed by atoms with Crippen LogP contribution in [0.1, 0.15) is 93.9 Å². The highest BCUT2D eigenvalue weighted by Crippen LogP contribution is 2.45. The van der Waals surface area contributed by atoms with Crippen molar-refractivity contribution in [3.63, 3.8) is 0 Å². The predicted molar refractivity (Wildman–Crippen MR) is 93.8 cm³/mol. The molecule has 2 nitrogen and oxygen atoms in total. The van der Waals surface area contributed by atoms with Crippen molar-refractivity contribution in [3.05, 3.63) is 0 Å². The maximum absolute atomic E-state index is 12.5. The van der Waals surface area contributed by atoms with Crippen LogP contribution in [-0.2, 0) is 9.53 Å². The first-order valence-electron chi connectivity index (χ1n) is 9.19. The number of hydrogen-bond acceptors (Lipinski definition) is 2. The fraction of sp³-hybridized carbons (Fsp3) is 0.950. The fourth-order valence-corrected chi connectivity index (χ4v) is 3.51. The van der Waals surface area contributed by atoms with E-state index in [-0.39, 0.29) is 17.0 Å². The number of ether oxygens (including phenoxy) is 1. The molecule has 0 heterocycles. The SMILES string of the molecule is CCC(C)(C)C(=O)OC(C)(CC)C1CCC(C(C)(C)C)CC1. The lowest BCUT2D eigenvalue weighted by Gasteiger charge is -2.44. The minimum Gasteiger partial charge on any atom is -0.459 e. The second-order valence-corrected chi connectivity index (χ2v) is 9.21. The minimum atomic E-state index is -0.376. The summed E-state index contributed by atoms with van der Waals surface area (Å²) in [6.45, 7) is 17.4. The third kappa shape index (κ3) is 4.49. The molecule has 0 radical (unpaired) electrons. The molecule has 0 aromatic carbocycles. The second kappa shape index (κ2) is 6.93. The van der Waals surface area contributed by atoms with E-state index in [1.807, 2.05) is 13.8 Å². The molecule has 130 valence electrons. The largest absolute Gasteiger partial charge is 0.459 e. The molecule has 1 saturated carbocycles. The Hall–Kier alpha value is -0.530. The molecule has 1 fully saturated rings. The van der Waals surface area contributed by atoms with Crippen molar-refractivity contribution in [1.29, 1.82) is 0 Å². The van der Waals surface area contributed by atoms with E-state index in [0.29, 0.717) is 11.3 Å². The first-order valence-corrected chi connectivity index (χ1v) is 9.19. The van der Waals surface area contributed by atoms with Crippen LogP contribution in [0.15, 0.2) is 0 Å². The molecule has 0 aromatic heterocycles. The average Bonchev–Trinajstić information content (AvgIpc) is 2.46. The molecule has 2 heteroatoms. The Balaban J connectivity index is 2.74. The van der Waals surface area contributed by atoms with Gasteiger partial charge in [0.15, 0.2) is 0 Å². The van der Waals surface area contributed by atoms with Crippen LogP contribution in [0.25, 0.3) is 0 Å². The summed E-state index contributed by atoms with van der Waals surface area (Å²) in [5, 5.41) is 0. The van der Waals surface area contributed by atoms with Crippen molar-refractivity contribution in [2.75, 3.05) is 0 Å². The zero-order valence-corrected chi connectivity index (χ0v) is 16.2. The number of esters is 1. The Morgan fingerprint density at radius 3 is 1.68 bits per heavy atom. The normalized spacial score (nSPS) is 26.4.